The number of anilines is 1. The van der Waals surface area contributed by atoms with Crippen molar-refractivity contribution >= 4 is 35.1 Å². The zero-order valence-corrected chi connectivity index (χ0v) is 18.3. The summed E-state index contributed by atoms with van der Waals surface area (Å²) in [6, 6.07) is 25.2. The predicted octanol–water partition coefficient (Wildman–Crippen LogP) is 4.55. The van der Waals surface area contributed by atoms with Crippen LogP contribution in [0.3, 0.4) is 0 Å². The number of hydrogen-bond donors (Lipinski definition) is 1. The number of methoxy groups -OCH3 is 1. The van der Waals surface area contributed by atoms with Crippen molar-refractivity contribution in [3.63, 3.8) is 0 Å². The molecule has 0 aliphatic carbocycles. The van der Waals surface area contributed by atoms with E-state index in [9.17, 15) is 4.79 Å². The molecule has 1 N–H and O–H groups in total. The van der Waals surface area contributed by atoms with E-state index in [1.165, 1.54) is 11.8 Å². The third kappa shape index (κ3) is 5.25. The summed E-state index contributed by atoms with van der Waals surface area (Å²) in [5.74, 6) is 0.675. The van der Waals surface area contributed by atoms with E-state index in [-0.39, 0.29) is 11.7 Å². The number of benzene rings is 3. The summed E-state index contributed by atoms with van der Waals surface area (Å²) < 4.78 is 6.95. The van der Waals surface area contributed by atoms with E-state index in [1.54, 1.807) is 23.6 Å². The lowest BCUT2D eigenvalue weighted by atomic mass is 10.3. The average molecular weight is 450 g/mol. The highest BCUT2D eigenvalue weighted by atomic mass is 32.2. The molecule has 4 rings (SSSR count). The predicted molar refractivity (Wildman–Crippen MR) is 122 cm³/mol. The zero-order valence-electron chi connectivity index (χ0n) is 16.6. The Labute approximate surface area is 188 Å². The summed E-state index contributed by atoms with van der Waals surface area (Å²) in [7, 11) is 1.59. The van der Waals surface area contributed by atoms with Crippen molar-refractivity contribution in [2.24, 2.45) is 0 Å². The van der Waals surface area contributed by atoms with Gasteiger partial charge in [0.05, 0.1) is 18.6 Å². The topological polar surface area (TPSA) is 81.9 Å². The van der Waals surface area contributed by atoms with Gasteiger partial charge in [-0.05, 0) is 46.8 Å². The maximum atomic E-state index is 12.6. The van der Waals surface area contributed by atoms with Crippen molar-refractivity contribution in [1.82, 2.24) is 20.2 Å². The molecule has 0 saturated heterocycles. The van der Waals surface area contributed by atoms with Crippen LogP contribution in [0, 0.1) is 0 Å². The van der Waals surface area contributed by atoms with Gasteiger partial charge in [-0.2, -0.15) is 4.68 Å². The molecule has 1 aromatic heterocycles. The van der Waals surface area contributed by atoms with Crippen LogP contribution in [-0.4, -0.2) is 39.0 Å². The summed E-state index contributed by atoms with van der Waals surface area (Å²) in [6.07, 6.45) is 0. The van der Waals surface area contributed by atoms with E-state index in [0.29, 0.717) is 16.6 Å². The van der Waals surface area contributed by atoms with Crippen LogP contribution in [0.5, 0.6) is 5.75 Å². The van der Waals surface area contributed by atoms with Crippen LogP contribution in [0.25, 0.3) is 5.69 Å². The Balaban J connectivity index is 1.43. The minimum Gasteiger partial charge on any atom is -0.494 e. The first-order chi connectivity index (χ1) is 15.2. The number of nitrogens with zero attached hydrogens (tertiary/aromatic N) is 4. The normalized spacial score (nSPS) is 10.6. The van der Waals surface area contributed by atoms with E-state index in [0.717, 1.165) is 15.5 Å². The molecule has 0 saturated carbocycles. The molecule has 0 unspecified atom stereocenters. The largest absolute Gasteiger partial charge is 0.494 e. The number of carbonyl (C=O) groups excluding carboxylic acids is 1. The standard InChI is InChI=1S/C22H19N5O2S2/c1-29-19-13-7-6-12-18(19)27-22(24-25-26-27)30-15-21(28)23-17-11-5-8-14-20(17)31-16-9-3-2-4-10-16/h2-14H,15H2,1H3,(H,23,28). The molecule has 1 heterocycles. The van der Waals surface area contributed by atoms with Crippen LogP contribution >= 0.6 is 23.5 Å². The molecule has 0 aliphatic rings. The Kier molecular flexibility index (Phi) is 6.85. The van der Waals surface area contributed by atoms with E-state index in [2.05, 4.69) is 20.8 Å². The number of nitrogens with one attached hydrogen (secondary N) is 1. The summed E-state index contributed by atoms with van der Waals surface area (Å²) in [5, 5.41) is 15.3. The van der Waals surface area contributed by atoms with Gasteiger partial charge < -0.3 is 10.1 Å². The number of para-hydroxylation sites is 3. The van der Waals surface area contributed by atoms with Gasteiger partial charge in [0.25, 0.3) is 0 Å². The van der Waals surface area contributed by atoms with Crippen molar-refractivity contribution in [1.29, 1.82) is 0 Å². The molecule has 1 amide bonds. The second kappa shape index (κ2) is 10.1. The molecule has 9 heteroatoms. The Morgan fingerprint density at radius 2 is 1.74 bits per heavy atom. The van der Waals surface area contributed by atoms with E-state index in [1.807, 2.05) is 78.9 Å². The lowest BCUT2D eigenvalue weighted by Gasteiger charge is -2.11. The number of tetrazole rings is 1. The van der Waals surface area contributed by atoms with Crippen molar-refractivity contribution in [3.05, 3.63) is 78.9 Å². The fourth-order valence-corrected chi connectivity index (χ4v) is 4.42. The summed E-state index contributed by atoms with van der Waals surface area (Å²) in [6.45, 7) is 0. The van der Waals surface area contributed by atoms with Crippen LogP contribution in [0.1, 0.15) is 0 Å². The monoisotopic (exact) mass is 449 g/mol. The second-order valence-electron chi connectivity index (χ2n) is 6.29. The first-order valence-corrected chi connectivity index (χ1v) is 11.2. The average Bonchev–Trinajstić information content (AvgIpc) is 3.28. The number of rotatable bonds is 8. The Hall–Kier alpha value is -3.30. The van der Waals surface area contributed by atoms with Gasteiger partial charge in [-0.3, -0.25) is 4.79 Å². The summed E-state index contributed by atoms with van der Waals surface area (Å²) in [5.41, 5.74) is 1.48. The number of amides is 1. The van der Waals surface area contributed by atoms with E-state index >= 15 is 0 Å². The molecule has 0 bridgehead atoms. The van der Waals surface area contributed by atoms with E-state index < -0.39 is 0 Å². The zero-order chi connectivity index (χ0) is 21.5. The van der Waals surface area contributed by atoms with E-state index in [4.69, 9.17) is 4.74 Å². The molecule has 156 valence electrons. The molecule has 0 radical (unpaired) electrons. The maximum Gasteiger partial charge on any atom is 0.234 e. The van der Waals surface area contributed by atoms with Gasteiger partial charge in [0.2, 0.25) is 11.1 Å². The van der Waals surface area contributed by atoms with Crippen molar-refractivity contribution in [3.8, 4) is 11.4 Å². The van der Waals surface area contributed by atoms with Crippen LogP contribution in [0.4, 0.5) is 5.69 Å². The van der Waals surface area contributed by atoms with Gasteiger partial charge >= 0.3 is 0 Å². The Bertz CT molecular complexity index is 1170. The third-order valence-electron chi connectivity index (χ3n) is 4.22. The lowest BCUT2D eigenvalue weighted by molar-refractivity contribution is -0.113. The van der Waals surface area contributed by atoms with Gasteiger partial charge in [-0.1, -0.05) is 66.0 Å². The lowest BCUT2D eigenvalue weighted by Crippen LogP contribution is -2.15. The fraction of sp³-hybridized carbons (Fsp3) is 0.0909. The number of carbonyl (C=O) groups is 1. The molecule has 4 aromatic rings. The first kappa shape index (κ1) is 21.0. The molecule has 0 fully saturated rings. The van der Waals surface area contributed by atoms with Gasteiger partial charge in [0.15, 0.2) is 0 Å². The summed E-state index contributed by atoms with van der Waals surface area (Å²) >= 11 is 2.86. The van der Waals surface area contributed by atoms with Gasteiger partial charge in [-0.15, -0.1) is 5.10 Å². The second-order valence-corrected chi connectivity index (χ2v) is 8.35. The van der Waals surface area contributed by atoms with Crippen LogP contribution in [0.2, 0.25) is 0 Å². The number of aromatic nitrogens is 4. The molecule has 3 aromatic carbocycles. The Morgan fingerprint density at radius 1 is 1.00 bits per heavy atom. The summed E-state index contributed by atoms with van der Waals surface area (Å²) in [4.78, 5) is 14.7. The van der Waals surface area contributed by atoms with Crippen molar-refractivity contribution < 1.29 is 9.53 Å². The van der Waals surface area contributed by atoms with Crippen LogP contribution < -0.4 is 10.1 Å². The fourth-order valence-electron chi connectivity index (χ4n) is 2.82. The molecular formula is C22H19N5O2S2. The number of ether oxygens (including phenoxy) is 1. The minimum absolute atomic E-state index is 0.138. The molecule has 0 spiro atoms. The molecule has 0 atom stereocenters. The maximum absolute atomic E-state index is 12.6. The molecular weight excluding hydrogens is 430 g/mol. The van der Waals surface area contributed by atoms with Gasteiger partial charge in [0.1, 0.15) is 11.4 Å². The number of thioether (sulfide) groups is 1. The van der Waals surface area contributed by atoms with Crippen LogP contribution in [-0.2, 0) is 4.79 Å². The van der Waals surface area contributed by atoms with Gasteiger partial charge in [-0.25, -0.2) is 0 Å². The molecule has 0 aliphatic heterocycles. The Morgan fingerprint density at radius 3 is 2.58 bits per heavy atom. The first-order valence-electron chi connectivity index (χ1n) is 9.41. The van der Waals surface area contributed by atoms with Crippen molar-refractivity contribution in [2.75, 3.05) is 18.2 Å². The number of hydrogen-bond acceptors (Lipinski definition) is 7. The quantitative estimate of drug-likeness (QED) is 0.395. The van der Waals surface area contributed by atoms with Gasteiger partial charge in [0, 0.05) is 9.79 Å². The highest BCUT2D eigenvalue weighted by molar-refractivity contribution is 8.00. The smallest absolute Gasteiger partial charge is 0.234 e. The highest BCUT2D eigenvalue weighted by Gasteiger charge is 2.15. The van der Waals surface area contributed by atoms with Crippen molar-refractivity contribution in [2.45, 2.75) is 14.9 Å². The van der Waals surface area contributed by atoms with Crippen LogP contribution in [0.15, 0.2) is 93.8 Å². The highest BCUT2D eigenvalue weighted by Crippen LogP contribution is 2.33. The molecule has 7 nitrogen and oxygen atoms in total. The SMILES string of the molecule is COc1ccccc1-n1nnnc1SCC(=O)Nc1ccccc1Sc1ccccc1. The third-order valence-corrected chi connectivity index (χ3v) is 6.22. The minimum atomic E-state index is -0.138. The molecule has 31 heavy (non-hydrogen) atoms.